The maximum Gasteiger partial charge on any atom is 0.416 e. The Hall–Kier alpha value is -3.66. The van der Waals surface area contributed by atoms with E-state index in [2.05, 4.69) is 12.2 Å². The van der Waals surface area contributed by atoms with Crippen LogP contribution in [0.25, 0.3) is 0 Å². The second kappa shape index (κ2) is 11.2. The molecule has 2 fully saturated rings. The van der Waals surface area contributed by atoms with Crippen LogP contribution < -0.4 is 15.1 Å². The smallest absolute Gasteiger partial charge is 0.416 e. The van der Waals surface area contributed by atoms with Gasteiger partial charge in [0, 0.05) is 40.7 Å². The third kappa shape index (κ3) is 5.69. The van der Waals surface area contributed by atoms with Gasteiger partial charge in [0.15, 0.2) is 12.3 Å². The fraction of sp³-hybridized carbons (Fsp3) is 0.444. The van der Waals surface area contributed by atoms with Gasteiger partial charge >= 0.3 is 6.09 Å². The number of ether oxygens (including phenoxy) is 2. The number of hydrogen-bond acceptors (Lipinski definition) is 6. The first-order valence-electron chi connectivity index (χ1n) is 12.3. The van der Waals surface area contributed by atoms with Crippen LogP contribution >= 0.6 is 0 Å². The van der Waals surface area contributed by atoms with E-state index in [1.54, 1.807) is 19.2 Å². The number of hydrogen-bond donors (Lipinski definition) is 1. The number of carbonyl (C=O) groups excluding carboxylic acids is 3. The van der Waals surface area contributed by atoms with E-state index in [4.69, 9.17) is 9.47 Å². The Bertz CT molecular complexity index is 1150. The second-order valence-corrected chi connectivity index (χ2v) is 9.63. The van der Waals surface area contributed by atoms with Gasteiger partial charge in [-0.15, -0.1) is 0 Å². The van der Waals surface area contributed by atoms with E-state index in [0.29, 0.717) is 31.0 Å². The minimum Gasteiger partial charge on any atom is -0.423 e. The van der Waals surface area contributed by atoms with Crippen LogP contribution in [0.4, 0.5) is 20.6 Å². The first-order chi connectivity index (χ1) is 17.7. The molecule has 2 aliphatic rings. The number of amides is 3. The number of likely N-dealkylation sites (N-methyl/N-ethyl adjacent to an activating group) is 1. The van der Waals surface area contributed by atoms with Gasteiger partial charge in [-0.2, -0.15) is 0 Å². The summed E-state index contributed by atoms with van der Waals surface area (Å²) in [6.07, 6.45) is -2.03. The highest BCUT2D eigenvalue weighted by atomic mass is 19.1. The third-order valence-electron chi connectivity index (χ3n) is 7.19. The van der Waals surface area contributed by atoms with Gasteiger partial charge in [-0.05, 0) is 35.6 Å². The normalized spacial score (nSPS) is 22.1. The molecule has 1 N–H and O–H groups in total. The molecule has 0 radical (unpaired) electrons. The third-order valence-corrected chi connectivity index (χ3v) is 7.19. The van der Waals surface area contributed by atoms with Gasteiger partial charge in [0.25, 0.3) is 5.91 Å². The quantitative estimate of drug-likeness (QED) is 0.584. The molecule has 9 nitrogen and oxygen atoms in total. The summed E-state index contributed by atoms with van der Waals surface area (Å²) < 4.78 is 25.9. The van der Waals surface area contributed by atoms with E-state index in [1.165, 1.54) is 29.9 Å². The highest BCUT2D eigenvalue weighted by molar-refractivity contribution is 5.90. The lowest BCUT2D eigenvalue weighted by atomic mass is 9.98. The number of carbonyl (C=O) groups is 3. The van der Waals surface area contributed by atoms with Crippen LogP contribution in [0.15, 0.2) is 48.5 Å². The Morgan fingerprint density at radius 3 is 2.57 bits per heavy atom. The summed E-state index contributed by atoms with van der Waals surface area (Å²) in [6.45, 7) is 5.27. The van der Waals surface area contributed by atoms with Crippen molar-refractivity contribution >= 4 is 29.3 Å². The minimum atomic E-state index is -0.720. The summed E-state index contributed by atoms with van der Waals surface area (Å²) in [5, 5.41) is 2.99. The topological polar surface area (TPSA) is 91.4 Å². The fourth-order valence-electron chi connectivity index (χ4n) is 4.83. The predicted octanol–water partition coefficient (Wildman–Crippen LogP) is 3.16. The Balaban J connectivity index is 1.37. The number of benzene rings is 2. The summed E-state index contributed by atoms with van der Waals surface area (Å²) in [5.74, 6) is -0.524. The van der Waals surface area contributed by atoms with E-state index in [0.717, 1.165) is 5.56 Å². The summed E-state index contributed by atoms with van der Waals surface area (Å²) in [4.78, 5) is 41.3. The summed E-state index contributed by atoms with van der Waals surface area (Å²) >= 11 is 0. The van der Waals surface area contributed by atoms with Crippen molar-refractivity contribution in [2.75, 3.05) is 50.1 Å². The molecular weight excluding hydrogens is 479 g/mol. The van der Waals surface area contributed by atoms with Crippen molar-refractivity contribution in [2.45, 2.75) is 26.2 Å². The molecule has 0 aliphatic carbocycles. The number of halogens is 1. The average Bonchev–Trinajstić information content (AvgIpc) is 3.45. The average molecular weight is 513 g/mol. The van der Waals surface area contributed by atoms with Crippen molar-refractivity contribution in [1.82, 2.24) is 10.2 Å². The van der Waals surface area contributed by atoms with Crippen molar-refractivity contribution in [3.8, 4) is 0 Å². The molecule has 3 amide bonds. The van der Waals surface area contributed by atoms with Crippen LogP contribution in [-0.4, -0.2) is 69.4 Å². The SMILES string of the molecule is COC(C(=O)NC[C@H]1CN(c2ccc(N3CC(N(C)C(C)=O)OC3=O)cc2F)C[C@@H]1C)c1ccccc1. The molecule has 10 heteroatoms. The molecule has 2 unspecified atom stereocenters. The fourth-order valence-corrected chi connectivity index (χ4v) is 4.83. The molecule has 198 valence electrons. The number of cyclic esters (lactones) is 1. The highest BCUT2D eigenvalue weighted by Crippen LogP contribution is 2.33. The molecule has 2 aliphatic heterocycles. The van der Waals surface area contributed by atoms with E-state index in [9.17, 15) is 14.4 Å². The predicted molar refractivity (Wildman–Crippen MR) is 137 cm³/mol. The van der Waals surface area contributed by atoms with Gasteiger partial charge in [0.1, 0.15) is 5.82 Å². The molecule has 4 rings (SSSR count). The highest BCUT2D eigenvalue weighted by Gasteiger charge is 2.37. The zero-order chi connectivity index (χ0) is 26.7. The van der Waals surface area contributed by atoms with Crippen LogP contribution in [0.3, 0.4) is 0 Å². The van der Waals surface area contributed by atoms with Crippen LogP contribution in [0, 0.1) is 17.7 Å². The number of rotatable bonds is 8. The zero-order valence-electron chi connectivity index (χ0n) is 21.5. The molecule has 0 spiro atoms. The van der Waals surface area contributed by atoms with Gasteiger partial charge in [-0.25, -0.2) is 9.18 Å². The Kier molecular flexibility index (Phi) is 7.97. The van der Waals surface area contributed by atoms with Crippen molar-refractivity contribution in [1.29, 1.82) is 0 Å². The second-order valence-electron chi connectivity index (χ2n) is 9.63. The first-order valence-corrected chi connectivity index (χ1v) is 12.3. The van der Waals surface area contributed by atoms with E-state index >= 15 is 4.39 Å². The lowest BCUT2D eigenvalue weighted by Gasteiger charge is -2.22. The largest absolute Gasteiger partial charge is 0.423 e. The lowest BCUT2D eigenvalue weighted by molar-refractivity contribution is -0.134. The Labute approximate surface area is 216 Å². The van der Waals surface area contributed by atoms with Gasteiger partial charge in [-0.1, -0.05) is 37.3 Å². The Morgan fingerprint density at radius 1 is 1.19 bits per heavy atom. The monoisotopic (exact) mass is 512 g/mol. The van der Waals surface area contributed by atoms with E-state index in [1.807, 2.05) is 35.2 Å². The maximum atomic E-state index is 15.2. The number of nitrogens with one attached hydrogen (secondary N) is 1. The van der Waals surface area contributed by atoms with Crippen LogP contribution in [0.2, 0.25) is 0 Å². The summed E-state index contributed by atoms with van der Waals surface area (Å²) in [6, 6.07) is 14.0. The van der Waals surface area contributed by atoms with Crippen LogP contribution in [-0.2, 0) is 19.1 Å². The lowest BCUT2D eigenvalue weighted by Crippen LogP contribution is -2.38. The van der Waals surface area contributed by atoms with Gasteiger partial charge in [0.05, 0.1) is 17.9 Å². The van der Waals surface area contributed by atoms with Crippen LogP contribution in [0.5, 0.6) is 0 Å². The van der Waals surface area contributed by atoms with Crippen molar-refractivity contribution < 1.29 is 28.2 Å². The molecule has 37 heavy (non-hydrogen) atoms. The molecule has 0 saturated carbocycles. The number of methoxy groups -OCH3 is 1. The molecule has 2 heterocycles. The molecular formula is C27H33FN4O5. The molecule has 0 aromatic heterocycles. The first kappa shape index (κ1) is 26.4. The summed E-state index contributed by atoms with van der Waals surface area (Å²) in [7, 11) is 3.06. The number of nitrogens with zero attached hydrogens (tertiary/aromatic N) is 3. The van der Waals surface area contributed by atoms with Crippen molar-refractivity contribution in [3.05, 3.63) is 59.9 Å². The van der Waals surface area contributed by atoms with Crippen molar-refractivity contribution in [2.24, 2.45) is 11.8 Å². The zero-order valence-corrected chi connectivity index (χ0v) is 21.5. The van der Waals surface area contributed by atoms with Gasteiger partial charge < -0.3 is 24.6 Å². The summed E-state index contributed by atoms with van der Waals surface area (Å²) in [5.41, 5.74) is 1.59. The minimum absolute atomic E-state index is 0.127. The van der Waals surface area contributed by atoms with Gasteiger partial charge in [0.2, 0.25) is 5.91 Å². The van der Waals surface area contributed by atoms with Crippen molar-refractivity contribution in [3.63, 3.8) is 0 Å². The van der Waals surface area contributed by atoms with E-state index < -0.39 is 24.2 Å². The standard InChI is InChI=1S/C27H33FN4O5/c1-17-14-31(15-20(17)13-29-26(34)25(36-4)19-8-6-5-7-9-19)23-11-10-21(12-22(23)28)32-16-24(37-27(32)35)30(3)18(2)33/h5-12,17,20,24-25H,13-16H2,1-4H3,(H,29,34)/t17-,20-,24?,25?/m0/s1. The molecule has 2 saturated heterocycles. The maximum absolute atomic E-state index is 15.2. The van der Waals surface area contributed by atoms with E-state index in [-0.39, 0.29) is 30.2 Å². The molecule has 0 bridgehead atoms. The Morgan fingerprint density at radius 2 is 1.92 bits per heavy atom. The number of anilines is 2. The van der Waals surface area contributed by atoms with Gasteiger partial charge in [-0.3, -0.25) is 14.5 Å². The van der Waals surface area contributed by atoms with Crippen LogP contribution in [0.1, 0.15) is 25.5 Å². The molecule has 2 aromatic rings. The molecule has 2 aromatic carbocycles. The molecule has 4 atom stereocenters.